The lowest BCUT2D eigenvalue weighted by Gasteiger charge is -2.06. The fraction of sp³-hybridized carbons (Fsp3) is 0.111. The number of nitrogens with one attached hydrogen (secondary N) is 2. The molecule has 14 heavy (non-hydrogen) atoms. The predicted molar refractivity (Wildman–Crippen MR) is 50.9 cm³/mol. The maximum atomic E-state index is 11.2. The largest absolute Gasteiger partial charge is 0.322 e. The second kappa shape index (κ2) is 3.31. The van der Waals surface area contributed by atoms with E-state index in [4.69, 9.17) is 11.6 Å². The highest BCUT2D eigenvalue weighted by Crippen LogP contribution is 2.18. The Morgan fingerprint density at radius 1 is 1.14 bits per heavy atom. The van der Waals surface area contributed by atoms with Gasteiger partial charge in [-0.1, -0.05) is 23.7 Å². The molecule has 0 radical (unpaired) electrons. The first-order chi connectivity index (χ1) is 6.66. The van der Waals surface area contributed by atoms with Gasteiger partial charge in [0, 0.05) is 5.02 Å². The fourth-order valence-electron chi connectivity index (χ4n) is 1.31. The predicted octanol–water partition coefficient (Wildman–Crippen LogP) is 1.22. The molecular weight excluding hydrogens is 204 g/mol. The number of carbonyl (C=O) groups is 2. The molecule has 0 aromatic heterocycles. The van der Waals surface area contributed by atoms with E-state index in [1.807, 2.05) is 0 Å². The van der Waals surface area contributed by atoms with E-state index in [1.54, 1.807) is 24.3 Å². The molecule has 5 heteroatoms. The molecule has 0 saturated carbocycles. The van der Waals surface area contributed by atoms with Crippen LogP contribution < -0.4 is 10.6 Å². The Labute approximate surface area is 85.2 Å². The lowest BCUT2D eigenvalue weighted by molar-refractivity contribution is -0.120. The van der Waals surface area contributed by atoms with Crippen molar-refractivity contribution in [3.63, 3.8) is 0 Å². The molecule has 1 fully saturated rings. The van der Waals surface area contributed by atoms with Crippen LogP contribution >= 0.6 is 11.6 Å². The van der Waals surface area contributed by atoms with Gasteiger partial charge in [0.25, 0.3) is 5.91 Å². The summed E-state index contributed by atoms with van der Waals surface area (Å²) in [4.78, 5) is 22.1. The molecule has 1 saturated heterocycles. The van der Waals surface area contributed by atoms with Crippen molar-refractivity contribution in [2.45, 2.75) is 6.04 Å². The molecule has 2 N–H and O–H groups in total. The van der Waals surface area contributed by atoms with Crippen molar-refractivity contribution in [1.82, 2.24) is 10.6 Å². The Hall–Kier alpha value is -1.55. The van der Waals surface area contributed by atoms with Crippen molar-refractivity contribution < 1.29 is 9.59 Å². The van der Waals surface area contributed by atoms with Crippen LogP contribution in [0.5, 0.6) is 0 Å². The second-order valence-corrected chi connectivity index (χ2v) is 3.38. The molecule has 0 spiro atoms. The molecule has 1 aromatic carbocycles. The minimum atomic E-state index is -0.597. The molecule has 0 bridgehead atoms. The molecule has 1 aliphatic rings. The number of rotatable bonds is 1. The number of urea groups is 1. The molecule has 72 valence electrons. The first kappa shape index (κ1) is 9.02. The van der Waals surface area contributed by atoms with E-state index >= 15 is 0 Å². The summed E-state index contributed by atoms with van der Waals surface area (Å²) in [6.45, 7) is 0. The molecule has 1 atom stereocenters. The quantitative estimate of drug-likeness (QED) is 0.685. The van der Waals surface area contributed by atoms with Gasteiger partial charge in [0.15, 0.2) is 0 Å². The Kier molecular flexibility index (Phi) is 2.13. The number of hydrogen-bond donors (Lipinski definition) is 2. The van der Waals surface area contributed by atoms with Crippen molar-refractivity contribution in [2.75, 3.05) is 0 Å². The number of imide groups is 1. The third-order valence-electron chi connectivity index (χ3n) is 1.98. The molecule has 1 heterocycles. The van der Waals surface area contributed by atoms with Crippen molar-refractivity contribution in [2.24, 2.45) is 0 Å². The van der Waals surface area contributed by atoms with Crippen molar-refractivity contribution in [1.29, 1.82) is 0 Å². The minimum Gasteiger partial charge on any atom is -0.322 e. The monoisotopic (exact) mass is 210 g/mol. The van der Waals surface area contributed by atoms with Gasteiger partial charge in [0.1, 0.15) is 6.04 Å². The molecule has 0 aliphatic carbocycles. The van der Waals surface area contributed by atoms with Gasteiger partial charge in [-0.3, -0.25) is 10.1 Å². The number of halogens is 1. The van der Waals surface area contributed by atoms with Gasteiger partial charge in [0.2, 0.25) is 0 Å². The van der Waals surface area contributed by atoms with Crippen LogP contribution in [0.3, 0.4) is 0 Å². The first-order valence-corrected chi connectivity index (χ1v) is 4.41. The van der Waals surface area contributed by atoms with Crippen LogP contribution in [0.2, 0.25) is 5.02 Å². The van der Waals surface area contributed by atoms with E-state index < -0.39 is 12.1 Å². The zero-order valence-corrected chi connectivity index (χ0v) is 7.84. The average molecular weight is 211 g/mol. The summed E-state index contributed by atoms with van der Waals surface area (Å²) in [5.41, 5.74) is 0.720. The van der Waals surface area contributed by atoms with E-state index in [1.165, 1.54) is 0 Å². The van der Waals surface area contributed by atoms with Gasteiger partial charge < -0.3 is 5.32 Å². The van der Waals surface area contributed by atoms with Crippen molar-refractivity contribution in [3.8, 4) is 0 Å². The van der Waals surface area contributed by atoms with Gasteiger partial charge >= 0.3 is 6.03 Å². The summed E-state index contributed by atoms with van der Waals surface area (Å²) < 4.78 is 0. The molecule has 0 unspecified atom stereocenters. The Balaban J connectivity index is 2.27. The third kappa shape index (κ3) is 1.56. The molecule has 3 amide bonds. The topological polar surface area (TPSA) is 58.2 Å². The standard InChI is InChI=1S/C9H7ClN2O2/c10-6-3-1-5(2-4-6)7-8(13)12-9(14)11-7/h1-4,7H,(H2,11,12,13,14)/t7-/m1/s1. The average Bonchev–Trinajstić information content (AvgIpc) is 2.47. The smallest absolute Gasteiger partial charge is 0.322 e. The second-order valence-electron chi connectivity index (χ2n) is 2.95. The van der Waals surface area contributed by atoms with Crippen LogP contribution in [0.25, 0.3) is 0 Å². The van der Waals surface area contributed by atoms with Gasteiger partial charge in [-0.25, -0.2) is 4.79 Å². The first-order valence-electron chi connectivity index (χ1n) is 4.03. The van der Waals surface area contributed by atoms with Crippen LogP contribution in [0.15, 0.2) is 24.3 Å². The number of carbonyl (C=O) groups excluding carboxylic acids is 2. The summed E-state index contributed by atoms with van der Waals surface area (Å²) >= 11 is 5.70. The Morgan fingerprint density at radius 3 is 2.29 bits per heavy atom. The maximum absolute atomic E-state index is 11.2. The van der Waals surface area contributed by atoms with Crippen molar-refractivity contribution >= 4 is 23.5 Å². The molecular formula is C9H7ClN2O2. The van der Waals surface area contributed by atoms with E-state index in [9.17, 15) is 9.59 Å². The number of amides is 3. The van der Waals surface area contributed by atoms with Crippen LogP contribution in [0.1, 0.15) is 11.6 Å². The minimum absolute atomic E-state index is 0.336. The summed E-state index contributed by atoms with van der Waals surface area (Å²) in [7, 11) is 0. The lowest BCUT2D eigenvalue weighted by Crippen LogP contribution is -2.22. The summed E-state index contributed by atoms with van der Waals surface area (Å²) in [5, 5.41) is 5.25. The highest BCUT2D eigenvalue weighted by atomic mass is 35.5. The van der Waals surface area contributed by atoms with Crippen LogP contribution in [-0.4, -0.2) is 11.9 Å². The van der Waals surface area contributed by atoms with Gasteiger partial charge in [0.05, 0.1) is 0 Å². The van der Waals surface area contributed by atoms with E-state index in [0.717, 1.165) is 5.56 Å². The SMILES string of the molecule is O=C1NC(=O)[C@@H](c2ccc(Cl)cc2)N1. The van der Waals surface area contributed by atoms with Gasteiger partial charge in [-0.15, -0.1) is 0 Å². The Morgan fingerprint density at radius 2 is 1.79 bits per heavy atom. The molecule has 1 aromatic rings. The normalized spacial score (nSPS) is 20.5. The Bertz CT molecular complexity index is 388. The lowest BCUT2D eigenvalue weighted by atomic mass is 10.1. The van der Waals surface area contributed by atoms with E-state index in [2.05, 4.69) is 10.6 Å². The van der Waals surface area contributed by atoms with Crippen LogP contribution in [-0.2, 0) is 4.79 Å². The summed E-state index contributed by atoms with van der Waals surface area (Å²) in [6.07, 6.45) is 0. The van der Waals surface area contributed by atoms with Gasteiger partial charge in [-0.2, -0.15) is 0 Å². The van der Waals surface area contributed by atoms with Crippen molar-refractivity contribution in [3.05, 3.63) is 34.9 Å². The molecule has 2 rings (SSSR count). The number of benzene rings is 1. The maximum Gasteiger partial charge on any atom is 0.322 e. The highest BCUT2D eigenvalue weighted by molar-refractivity contribution is 6.30. The van der Waals surface area contributed by atoms with Crippen LogP contribution in [0.4, 0.5) is 4.79 Å². The van der Waals surface area contributed by atoms with Crippen LogP contribution in [0, 0.1) is 0 Å². The summed E-state index contributed by atoms with van der Waals surface area (Å²) in [6, 6.07) is 5.70. The molecule has 4 nitrogen and oxygen atoms in total. The fourth-order valence-corrected chi connectivity index (χ4v) is 1.43. The van der Waals surface area contributed by atoms with E-state index in [-0.39, 0.29) is 5.91 Å². The zero-order chi connectivity index (χ0) is 10.1. The highest BCUT2D eigenvalue weighted by Gasteiger charge is 2.30. The third-order valence-corrected chi connectivity index (χ3v) is 2.23. The summed E-state index contributed by atoms with van der Waals surface area (Å²) in [5.74, 6) is -0.336. The van der Waals surface area contributed by atoms with Gasteiger partial charge in [-0.05, 0) is 17.7 Å². The number of hydrogen-bond acceptors (Lipinski definition) is 2. The van der Waals surface area contributed by atoms with E-state index in [0.29, 0.717) is 5.02 Å². The molecule has 1 aliphatic heterocycles. The zero-order valence-electron chi connectivity index (χ0n) is 7.08.